The molecular weight excluding hydrogens is 388 g/mol. The Hall–Kier alpha value is -3.47. The molecule has 1 unspecified atom stereocenters. The molecule has 2 aromatic carbocycles. The third-order valence-corrected chi connectivity index (χ3v) is 6.29. The van der Waals surface area contributed by atoms with Crippen molar-refractivity contribution < 1.29 is 14.0 Å². The highest BCUT2D eigenvalue weighted by molar-refractivity contribution is 6.13. The normalized spacial score (nSPS) is 22.9. The fourth-order valence-electron chi connectivity index (χ4n) is 4.87. The Balaban J connectivity index is 1.67. The zero-order valence-corrected chi connectivity index (χ0v) is 17.4. The number of amides is 1. The summed E-state index contributed by atoms with van der Waals surface area (Å²) in [5, 5.41) is 0. The second-order valence-corrected chi connectivity index (χ2v) is 8.13. The number of fused-ring (bicyclic) bond motifs is 2. The third-order valence-electron chi connectivity index (χ3n) is 6.29. The number of nitrogens with zero attached hydrogens (tertiary/aromatic N) is 2. The second-order valence-electron chi connectivity index (χ2n) is 8.13. The molecule has 2 aliphatic rings. The maximum Gasteiger partial charge on any atom is 0.227 e. The van der Waals surface area contributed by atoms with Crippen LogP contribution in [0.4, 0.5) is 11.4 Å². The zero-order chi connectivity index (χ0) is 21.4. The molecule has 2 heterocycles. The van der Waals surface area contributed by atoms with Gasteiger partial charge in [-0.2, -0.15) is 0 Å². The summed E-state index contributed by atoms with van der Waals surface area (Å²) in [5.74, 6) is 0.225. The van der Waals surface area contributed by atoms with Gasteiger partial charge >= 0.3 is 0 Å². The number of furan rings is 1. The lowest BCUT2D eigenvalue weighted by Gasteiger charge is -2.37. The van der Waals surface area contributed by atoms with Crippen LogP contribution in [0.2, 0.25) is 0 Å². The summed E-state index contributed by atoms with van der Waals surface area (Å²) in [6, 6.07) is 20.9. The van der Waals surface area contributed by atoms with Crippen molar-refractivity contribution in [2.75, 3.05) is 4.90 Å². The Morgan fingerprint density at radius 1 is 1.03 bits per heavy atom. The van der Waals surface area contributed by atoms with E-state index in [9.17, 15) is 9.59 Å². The van der Waals surface area contributed by atoms with Gasteiger partial charge < -0.3 is 4.42 Å². The standard InChI is InChI=1S/C26H24N2O3/c1-2-24(30)28-21-12-7-6-11-19(21)27-20-15-18(17-9-4-3-5-10-17)16-22(29)25(20)26(28)23-13-8-14-31-23/h3-14,18,25-26H,2,15-16H2,1H3/t18-,25?,26-/m0/s1. The minimum Gasteiger partial charge on any atom is -0.467 e. The van der Waals surface area contributed by atoms with Crippen LogP contribution in [0.15, 0.2) is 82.4 Å². The molecule has 5 nitrogen and oxygen atoms in total. The summed E-state index contributed by atoms with van der Waals surface area (Å²) in [4.78, 5) is 33.5. The summed E-state index contributed by atoms with van der Waals surface area (Å²) in [6.07, 6.45) is 3.03. The number of Topliss-reactive ketones (excluding diaryl/α,β-unsaturated/α-hetero) is 1. The second kappa shape index (κ2) is 7.99. The number of benzene rings is 2. The number of hydrogen-bond donors (Lipinski definition) is 0. The van der Waals surface area contributed by atoms with E-state index in [0.717, 1.165) is 22.6 Å². The van der Waals surface area contributed by atoms with E-state index in [1.165, 1.54) is 0 Å². The first kappa shape index (κ1) is 19.5. The summed E-state index contributed by atoms with van der Waals surface area (Å²) in [7, 11) is 0. The molecule has 31 heavy (non-hydrogen) atoms. The number of anilines is 1. The van der Waals surface area contributed by atoms with Crippen molar-refractivity contribution >= 4 is 28.8 Å². The van der Waals surface area contributed by atoms with Gasteiger partial charge in [0.25, 0.3) is 0 Å². The van der Waals surface area contributed by atoms with Gasteiger partial charge in [-0.15, -0.1) is 0 Å². The molecule has 3 atom stereocenters. The minimum absolute atomic E-state index is 0.0525. The summed E-state index contributed by atoms with van der Waals surface area (Å²) in [6.45, 7) is 1.84. The fourth-order valence-corrected chi connectivity index (χ4v) is 4.87. The maximum atomic E-state index is 13.6. The summed E-state index contributed by atoms with van der Waals surface area (Å²) in [5.41, 5.74) is 3.41. The smallest absolute Gasteiger partial charge is 0.227 e. The van der Waals surface area contributed by atoms with E-state index in [1.54, 1.807) is 17.2 Å². The van der Waals surface area contributed by atoms with E-state index >= 15 is 0 Å². The van der Waals surface area contributed by atoms with Crippen LogP contribution in [-0.2, 0) is 9.59 Å². The molecule has 5 heteroatoms. The first-order valence-electron chi connectivity index (χ1n) is 10.8. The molecule has 1 aliphatic carbocycles. The number of carbonyl (C=O) groups is 2. The number of hydrogen-bond acceptors (Lipinski definition) is 4. The molecule has 0 N–H and O–H groups in total. The van der Waals surface area contributed by atoms with Crippen molar-refractivity contribution in [1.29, 1.82) is 0 Å². The fraction of sp³-hybridized carbons (Fsp3) is 0.269. The molecule has 1 aliphatic heterocycles. The molecule has 3 aromatic rings. The van der Waals surface area contributed by atoms with Crippen molar-refractivity contribution in [1.82, 2.24) is 0 Å². The summed E-state index contributed by atoms with van der Waals surface area (Å²) >= 11 is 0. The molecule has 5 rings (SSSR count). The Bertz CT molecular complexity index is 1130. The van der Waals surface area contributed by atoms with Gasteiger partial charge in [0, 0.05) is 18.6 Å². The van der Waals surface area contributed by atoms with Crippen molar-refractivity contribution in [3.8, 4) is 0 Å². The molecule has 1 aromatic heterocycles. The zero-order valence-electron chi connectivity index (χ0n) is 17.4. The van der Waals surface area contributed by atoms with Crippen molar-refractivity contribution in [3.63, 3.8) is 0 Å². The first-order valence-corrected chi connectivity index (χ1v) is 10.8. The molecule has 156 valence electrons. The van der Waals surface area contributed by atoms with E-state index in [-0.39, 0.29) is 17.6 Å². The van der Waals surface area contributed by atoms with Crippen LogP contribution in [0, 0.1) is 5.92 Å². The quantitative estimate of drug-likeness (QED) is 0.561. The lowest BCUT2D eigenvalue weighted by Crippen LogP contribution is -2.45. The number of carbonyl (C=O) groups excluding carboxylic acids is 2. The van der Waals surface area contributed by atoms with Crippen molar-refractivity contribution in [3.05, 3.63) is 84.3 Å². The van der Waals surface area contributed by atoms with Gasteiger partial charge in [-0.1, -0.05) is 49.4 Å². The molecule has 1 amide bonds. The topological polar surface area (TPSA) is 62.9 Å². The molecule has 0 spiro atoms. The number of para-hydroxylation sites is 2. The van der Waals surface area contributed by atoms with Crippen molar-refractivity contribution in [2.24, 2.45) is 10.9 Å². The van der Waals surface area contributed by atoms with Crippen LogP contribution in [0.5, 0.6) is 0 Å². The van der Waals surface area contributed by atoms with Gasteiger partial charge in [0.2, 0.25) is 5.91 Å². The van der Waals surface area contributed by atoms with Crippen LogP contribution in [0.25, 0.3) is 0 Å². The van der Waals surface area contributed by atoms with Gasteiger partial charge in [-0.05, 0) is 42.2 Å². The van der Waals surface area contributed by atoms with Crippen molar-refractivity contribution in [2.45, 2.75) is 38.1 Å². The van der Waals surface area contributed by atoms with Gasteiger partial charge in [0.15, 0.2) is 0 Å². The number of rotatable bonds is 3. The van der Waals surface area contributed by atoms with E-state index in [4.69, 9.17) is 9.41 Å². The summed E-state index contributed by atoms with van der Waals surface area (Å²) < 4.78 is 5.78. The SMILES string of the molecule is CCC(=O)N1c2ccccc2N=C2C[C@H](c3ccccc3)CC(=O)C2[C@@H]1c1ccco1. The Morgan fingerprint density at radius 2 is 1.81 bits per heavy atom. The highest BCUT2D eigenvalue weighted by Gasteiger charge is 2.47. The molecule has 0 bridgehead atoms. The van der Waals surface area contributed by atoms with Gasteiger partial charge in [0.05, 0.1) is 23.6 Å². The highest BCUT2D eigenvalue weighted by atomic mass is 16.3. The van der Waals surface area contributed by atoms with Crippen LogP contribution in [0.1, 0.15) is 49.5 Å². The van der Waals surface area contributed by atoms with E-state index < -0.39 is 12.0 Å². The third kappa shape index (κ3) is 3.40. The Labute approximate surface area is 181 Å². The van der Waals surface area contributed by atoms with E-state index in [2.05, 4.69) is 12.1 Å². The van der Waals surface area contributed by atoms with Gasteiger partial charge in [0.1, 0.15) is 17.6 Å². The molecule has 0 radical (unpaired) electrons. The predicted octanol–water partition coefficient (Wildman–Crippen LogP) is 5.61. The average molecular weight is 412 g/mol. The van der Waals surface area contributed by atoms with E-state index in [0.29, 0.717) is 25.0 Å². The number of aliphatic imine (C=N–C) groups is 1. The lowest BCUT2D eigenvalue weighted by atomic mass is 9.73. The molecule has 1 fully saturated rings. The highest BCUT2D eigenvalue weighted by Crippen LogP contribution is 2.47. The molecule has 1 saturated carbocycles. The maximum absolute atomic E-state index is 13.6. The van der Waals surface area contributed by atoms with Gasteiger partial charge in [-0.25, -0.2) is 0 Å². The Morgan fingerprint density at radius 3 is 2.55 bits per heavy atom. The van der Waals surface area contributed by atoms with E-state index in [1.807, 2.05) is 55.5 Å². The minimum atomic E-state index is -0.533. The monoisotopic (exact) mass is 412 g/mol. The van der Waals surface area contributed by atoms with Gasteiger partial charge in [-0.3, -0.25) is 19.5 Å². The van der Waals surface area contributed by atoms with Crippen LogP contribution in [0.3, 0.4) is 0 Å². The van der Waals surface area contributed by atoms with Crippen LogP contribution in [-0.4, -0.2) is 17.4 Å². The average Bonchev–Trinajstić information content (AvgIpc) is 3.28. The Kier molecular flexibility index (Phi) is 5.02. The van der Waals surface area contributed by atoms with Crippen LogP contribution >= 0.6 is 0 Å². The first-order chi connectivity index (χ1) is 15.2. The predicted molar refractivity (Wildman–Crippen MR) is 120 cm³/mol. The lowest BCUT2D eigenvalue weighted by molar-refractivity contribution is -0.123. The number of ketones is 1. The van der Waals surface area contributed by atoms with Crippen LogP contribution < -0.4 is 4.90 Å². The largest absolute Gasteiger partial charge is 0.467 e. The molecule has 0 saturated heterocycles. The molecular formula is C26H24N2O3.